The molecule has 3 aromatic rings. The van der Waals surface area contributed by atoms with E-state index in [0.717, 1.165) is 69.7 Å². The van der Waals surface area contributed by atoms with E-state index in [9.17, 15) is 14.7 Å². The topological polar surface area (TPSA) is 129 Å². The van der Waals surface area contributed by atoms with E-state index in [4.69, 9.17) is 36.2 Å². The smallest absolute Gasteiger partial charge is 0.664 e. The molecule has 5 heterocycles. The van der Waals surface area contributed by atoms with Gasteiger partial charge in [0.05, 0.1) is 13.2 Å². The third-order valence-corrected chi connectivity index (χ3v) is 14.3. The van der Waals surface area contributed by atoms with E-state index >= 15 is 0 Å². The minimum Gasteiger partial charge on any atom is -0.664 e. The predicted octanol–water partition coefficient (Wildman–Crippen LogP) is 9.55. The quantitative estimate of drug-likeness (QED) is 0.0546. The first-order chi connectivity index (χ1) is 30.6. The van der Waals surface area contributed by atoms with Crippen LogP contribution in [0.1, 0.15) is 181 Å². The Morgan fingerprint density at radius 3 is 2.15 bits per heavy atom. The molecular weight excluding hydrogens is 821 g/mol. The number of carbonyl (C=O) groups excluding carboxylic acids is 2. The van der Waals surface area contributed by atoms with Crippen molar-refractivity contribution in [3.63, 3.8) is 0 Å². The maximum absolute atomic E-state index is 13.6. The van der Waals surface area contributed by atoms with Gasteiger partial charge < -0.3 is 34.8 Å². The van der Waals surface area contributed by atoms with Crippen LogP contribution >= 0.6 is 0 Å². The Bertz CT molecular complexity index is 2450. The molecule has 65 heavy (non-hydrogen) atoms. The van der Waals surface area contributed by atoms with Crippen molar-refractivity contribution in [2.75, 3.05) is 13.7 Å². The van der Waals surface area contributed by atoms with Crippen LogP contribution in [0.4, 0.5) is 0 Å². The molecule has 1 saturated heterocycles. The van der Waals surface area contributed by atoms with Gasteiger partial charge in [0.2, 0.25) is 0 Å². The number of ether oxygens (including phenoxy) is 2. The van der Waals surface area contributed by atoms with Gasteiger partial charge in [0.25, 0.3) is 0 Å². The van der Waals surface area contributed by atoms with Crippen molar-refractivity contribution in [3.8, 4) is 12.3 Å². The van der Waals surface area contributed by atoms with Crippen LogP contribution in [-0.2, 0) is 25.5 Å². The molecule has 1 N–H and O–H groups in total. The number of hydrogen-bond acceptors (Lipinski definition) is 5. The number of aliphatic hydroxyl groups is 1. The Balaban J connectivity index is 0.00000793. The molecule has 6 rings (SSSR count). The third-order valence-electron chi connectivity index (χ3n) is 14.3. The largest absolute Gasteiger partial charge is 2.00 e. The SMILES string of the molecule is C#Cc1c2[n-]c(c1C)/C=C1\[N-]/C(=C3\c4[n-]c(c(C)c4[C@@H](O)[C@@H]3C(=O)OC)/C=c3\[n-]/c(c(C)c3CC)=C\2)[C@@H](CCC(=O)OC/C=C(\C)CCC[C@@H](C)CCC[C@H](C)CCCC(C)C)[C@@H]1C.[Mg+2]. The van der Waals surface area contributed by atoms with E-state index in [1.807, 2.05) is 38.2 Å². The van der Waals surface area contributed by atoms with Crippen LogP contribution in [0, 0.1) is 68.6 Å². The second-order valence-corrected chi connectivity index (χ2v) is 19.5. The van der Waals surface area contributed by atoms with Gasteiger partial charge in [-0.25, -0.2) is 0 Å². The number of nitrogens with zero attached hydrogens (tertiary/aromatic N) is 4. The zero-order valence-corrected chi connectivity index (χ0v) is 42.6. The summed E-state index contributed by atoms with van der Waals surface area (Å²) in [6.45, 7) is 21.9. The van der Waals surface area contributed by atoms with Crippen molar-refractivity contribution >= 4 is 58.8 Å². The van der Waals surface area contributed by atoms with E-state index in [0.29, 0.717) is 57.5 Å². The average Bonchev–Trinajstić information content (AvgIpc) is 3.99. The fourth-order valence-electron chi connectivity index (χ4n) is 10.2. The Morgan fingerprint density at radius 2 is 1.51 bits per heavy atom. The molecule has 0 radical (unpaired) electrons. The number of aliphatic hydroxyl groups excluding tert-OH is 1. The number of esters is 2. The molecule has 2 aliphatic heterocycles. The number of carbonyl (C=O) groups is 2. The second kappa shape index (κ2) is 23.0. The fourth-order valence-corrected chi connectivity index (χ4v) is 10.2. The number of terminal acetylenes is 1. The normalized spacial score (nSPS) is 22.7. The molecule has 0 amide bonds. The van der Waals surface area contributed by atoms with Crippen LogP contribution < -0.4 is 25.7 Å². The summed E-state index contributed by atoms with van der Waals surface area (Å²) in [5.74, 6) is 2.81. The van der Waals surface area contributed by atoms with Gasteiger partial charge in [-0.1, -0.05) is 144 Å². The van der Waals surface area contributed by atoms with Gasteiger partial charge in [-0.2, -0.15) is 11.4 Å². The van der Waals surface area contributed by atoms with Gasteiger partial charge in [0, 0.05) is 12.0 Å². The van der Waals surface area contributed by atoms with Crippen molar-refractivity contribution in [1.82, 2.24) is 15.0 Å². The summed E-state index contributed by atoms with van der Waals surface area (Å²) >= 11 is 0. The van der Waals surface area contributed by atoms with E-state index in [1.165, 1.54) is 57.6 Å². The molecule has 0 aromatic carbocycles. The van der Waals surface area contributed by atoms with Crippen LogP contribution in [-0.4, -0.2) is 53.8 Å². The number of methoxy groups -OCH3 is 1. The van der Waals surface area contributed by atoms with Gasteiger partial charge in [-0.05, 0) is 94.6 Å². The van der Waals surface area contributed by atoms with Crippen molar-refractivity contribution in [2.45, 2.75) is 152 Å². The first kappa shape index (κ1) is 51.8. The zero-order chi connectivity index (χ0) is 46.4. The van der Waals surface area contributed by atoms with Crippen molar-refractivity contribution in [3.05, 3.63) is 95.2 Å². The molecule has 8 bridgehead atoms. The number of rotatable bonds is 19. The van der Waals surface area contributed by atoms with Crippen LogP contribution in [0.5, 0.6) is 0 Å². The minimum absolute atomic E-state index is 0. The van der Waals surface area contributed by atoms with Crippen LogP contribution in [0.15, 0.2) is 23.0 Å². The van der Waals surface area contributed by atoms with Crippen LogP contribution in [0.25, 0.3) is 29.1 Å². The van der Waals surface area contributed by atoms with E-state index < -0.39 is 18.0 Å². The summed E-state index contributed by atoms with van der Waals surface area (Å²) in [4.78, 5) is 42.3. The van der Waals surface area contributed by atoms with Crippen molar-refractivity contribution in [1.29, 1.82) is 0 Å². The van der Waals surface area contributed by atoms with E-state index in [2.05, 4.69) is 61.3 Å². The fraction of sp³-hybridized carbons (Fsp3) is 0.564. The number of hydrogen-bond donors (Lipinski definition) is 1. The van der Waals surface area contributed by atoms with Crippen molar-refractivity contribution < 1.29 is 24.2 Å². The zero-order valence-electron chi connectivity index (χ0n) is 41.2. The monoisotopic (exact) mass is 893 g/mol. The van der Waals surface area contributed by atoms with Gasteiger partial charge in [0.15, 0.2) is 0 Å². The Labute approximate surface area is 405 Å². The Kier molecular flexibility index (Phi) is 18.3. The second-order valence-electron chi connectivity index (χ2n) is 19.5. The van der Waals surface area contributed by atoms with Crippen LogP contribution in [0.3, 0.4) is 0 Å². The predicted molar refractivity (Wildman–Crippen MR) is 263 cm³/mol. The first-order valence-corrected chi connectivity index (χ1v) is 24.0. The molecule has 3 aliphatic rings. The van der Waals surface area contributed by atoms with Gasteiger partial charge in [-0.3, -0.25) is 9.59 Å². The summed E-state index contributed by atoms with van der Waals surface area (Å²) in [6, 6.07) is 0. The summed E-state index contributed by atoms with van der Waals surface area (Å²) in [5.41, 5.74) is 10.7. The molecule has 3 aromatic heterocycles. The number of fused-ring (bicyclic) bond motifs is 7. The molecule has 9 nitrogen and oxygen atoms in total. The Hall–Kier alpha value is -4.17. The van der Waals surface area contributed by atoms with Gasteiger partial charge >= 0.3 is 35.0 Å². The number of allylic oxidation sites excluding steroid dienone is 3. The first-order valence-electron chi connectivity index (χ1n) is 24.0. The number of aromatic nitrogens is 3. The van der Waals surface area contributed by atoms with Gasteiger partial charge in [-0.15, -0.1) is 39.9 Å². The summed E-state index contributed by atoms with van der Waals surface area (Å²) < 4.78 is 11.1. The molecule has 0 unspecified atom stereocenters. The molecule has 6 atom stereocenters. The summed E-state index contributed by atoms with van der Waals surface area (Å²) in [7, 11) is 1.33. The maximum atomic E-state index is 13.6. The standard InChI is InChI=1S/C55H72N4O5.Mg/c1-13-39-35(8)42-28-44-37(10)41(24-25-48(60)64-27-26-34(7)23-17-22-33(6)21-16-20-32(5)19-15-18-31(3)4)52(58-44)50-51(55(62)63-12)54(61)49-38(11)45(59-53(49)50)30-47-40(14-2)36(9)43(57-47)29-46(39)56-42;/h1,26,28-33,37,41,51,54,61H,14-25,27H2,2-12H3;/q-4;+2/b34-26+,43-29-,44-28-,47-30-,52-50-;/t32-,33+,37+,41+,51-,54-;/m1./s1. The Morgan fingerprint density at radius 1 is 0.862 bits per heavy atom. The maximum Gasteiger partial charge on any atom is 2.00 e. The van der Waals surface area contributed by atoms with Crippen LogP contribution in [0.2, 0.25) is 0 Å². The molecule has 10 heteroatoms. The van der Waals surface area contributed by atoms with E-state index in [-0.39, 0.29) is 53.9 Å². The van der Waals surface area contributed by atoms with E-state index in [1.54, 1.807) is 0 Å². The molecule has 346 valence electrons. The molecule has 1 aliphatic carbocycles. The van der Waals surface area contributed by atoms with Gasteiger partial charge in [0.1, 0.15) is 12.5 Å². The van der Waals surface area contributed by atoms with Crippen molar-refractivity contribution in [2.24, 2.45) is 35.5 Å². The summed E-state index contributed by atoms with van der Waals surface area (Å²) in [5, 5.41) is 18.8. The molecular formula is C55H72MgN4O5-2. The molecule has 0 saturated carbocycles. The molecule has 0 spiro atoms. The summed E-state index contributed by atoms with van der Waals surface area (Å²) in [6.07, 6.45) is 25.4. The minimum atomic E-state index is -1.19. The average molecular weight is 894 g/mol. The third kappa shape index (κ3) is 11.7. The molecule has 1 fully saturated rings.